The molecule has 27 heavy (non-hydrogen) atoms. The van der Waals surface area contributed by atoms with Gasteiger partial charge in [0.15, 0.2) is 0 Å². The molecule has 1 saturated heterocycles. The van der Waals surface area contributed by atoms with E-state index in [1.807, 2.05) is 6.92 Å². The molecule has 1 aliphatic rings. The predicted octanol–water partition coefficient (Wildman–Crippen LogP) is 3.83. The van der Waals surface area contributed by atoms with Crippen LogP contribution in [-0.2, 0) is 6.42 Å². The third kappa shape index (κ3) is 3.70. The molecule has 1 fully saturated rings. The van der Waals surface area contributed by atoms with Crippen LogP contribution in [0.25, 0.3) is 11.3 Å². The van der Waals surface area contributed by atoms with Crippen molar-refractivity contribution < 1.29 is 23.1 Å². The maximum atomic E-state index is 13.2. The van der Waals surface area contributed by atoms with Crippen LogP contribution in [0.3, 0.4) is 0 Å². The van der Waals surface area contributed by atoms with Crippen LogP contribution in [-0.4, -0.2) is 34.8 Å². The lowest BCUT2D eigenvalue weighted by Gasteiger charge is -2.28. The molecule has 2 heterocycles. The standard InChI is InChI=1S/C19H19F3N2O3/c1-2-11-10-14(18(26)27)17(25)23-16(11)12-5-7-13(8-6-12)24-9-3-4-15(24)19(20,21)22/h5-8,10,15H,2-4,9H2,1H3,(H,23,25)(H,26,27). The Morgan fingerprint density at radius 1 is 1.30 bits per heavy atom. The summed E-state index contributed by atoms with van der Waals surface area (Å²) >= 11 is 0. The van der Waals surface area contributed by atoms with Crippen LogP contribution in [0.2, 0.25) is 0 Å². The summed E-state index contributed by atoms with van der Waals surface area (Å²) in [6.07, 6.45) is -3.22. The van der Waals surface area contributed by atoms with Gasteiger partial charge >= 0.3 is 12.1 Å². The maximum absolute atomic E-state index is 13.2. The topological polar surface area (TPSA) is 73.4 Å². The summed E-state index contributed by atoms with van der Waals surface area (Å²) in [4.78, 5) is 27.0. The van der Waals surface area contributed by atoms with Crippen LogP contribution < -0.4 is 10.5 Å². The summed E-state index contributed by atoms with van der Waals surface area (Å²) in [5.74, 6) is -1.31. The summed E-state index contributed by atoms with van der Waals surface area (Å²) in [7, 11) is 0. The molecule has 3 rings (SSSR count). The minimum absolute atomic E-state index is 0.0786. The van der Waals surface area contributed by atoms with E-state index < -0.39 is 23.7 Å². The predicted molar refractivity (Wildman–Crippen MR) is 95.3 cm³/mol. The van der Waals surface area contributed by atoms with Crippen molar-refractivity contribution in [3.05, 3.63) is 51.8 Å². The van der Waals surface area contributed by atoms with Crippen molar-refractivity contribution in [3.8, 4) is 11.3 Å². The lowest BCUT2D eigenvalue weighted by molar-refractivity contribution is -0.145. The monoisotopic (exact) mass is 380 g/mol. The fraction of sp³-hybridized carbons (Fsp3) is 0.368. The lowest BCUT2D eigenvalue weighted by Crippen LogP contribution is -2.41. The number of aromatic amines is 1. The number of carbonyl (C=O) groups is 1. The SMILES string of the molecule is CCc1cc(C(=O)O)c(=O)[nH]c1-c1ccc(N2CCCC2C(F)(F)F)cc1. The van der Waals surface area contributed by atoms with Crippen LogP contribution in [0.1, 0.15) is 35.7 Å². The summed E-state index contributed by atoms with van der Waals surface area (Å²) in [5.41, 5.74) is 1.17. The van der Waals surface area contributed by atoms with Crippen LogP contribution in [0.15, 0.2) is 35.1 Å². The highest BCUT2D eigenvalue weighted by molar-refractivity contribution is 5.88. The Morgan fingerprint density at radius 2 is 1.96 bits per heavy atom. The minimum atomic E-state index is -4.28. The number of alkyl halides is 3. The summed E-state index contributed by atoms with van der Waals surface area (Å²) in [5, 5.41) is 9.08. The van der Waals surface area contributed by atoms with Gasteiger partial charge in [-0.2, -0.15) is 13.2 Å². The minimum Gasteiger partial charge on any atom is -0.477 e. The van der Waals surface area contributed by atoms with E-state index in [0.717, 1.165) is 0 Å². The average Bonchev–Trinajstić information content (AvgIpc) is 3.11. The number of hydrogen-bond acceptors (Lipinski definition) is 3. The summed E-state index contributed by atoms with van der Waals surface area (Å²) in [6, 6.07) is 6.34. The van der Waals surface area contributed by atoms with E-state index >= 15 is 0 Å². The van der Waals surface area contributed by atoms with Crippen molar-refractivity contribution in [1.82, 2.24) is 4.98 Å². The van der Waals surface area contributed by atoms with Gasteiger partial charge in [0.25, 0.3) is 5.56 Å². The van der Waals surface area contributed by atoms with Gasteiger partial charge in [-0.15, -0.1) is 0 Å². The highest BCUT2D eigenvalue weighted by Gasteiger charge is 2.45. The second kappa shape index (κ2) is 7.09. The van der Waals surface area contributed by atoms with E-state index in [0.29, 0.717) is 41.9 Å². The smallest absolute Gasteiger partial charge is 0.408 e. The molecule has 1 aromatic carbocycles. The fourth-order valence-corrected chi connectivity index (χ4v) is 3.50. The number of rotatable bonds is 4. The molecule has 0 spiro atoms. The molecule has 1 unspecified atom stereocenters. The molecule has 144 valence electrons. The Balaban J connectivity index is 1.95. The molecule has 2 aromatic rings. The zero-order valence-electron chi connectivity index (χ0n) is 14.6. The van der Waals surface area contributed by atoms with Crippen LogP contribution in [0.5, 0.6) is 0 Å². The summed E-state index contributed by atoms with van der Waals surface area (Å²) in [6.45, 7) is 2.17. The van der Waals surface area contributed by atoms with Crippen molar-refractivity contribution in [2.45, 2.75) is 38.4 Å². The summed E-state index contributed by atoms with van der Waals surface area (Å²) < 4.78 is 39.5. The Morgan fingerprint density at radius 3 is 2.52 bits per heavy atom. The van der Waals surface area contributed by atoms with E-state index in [-0.39, 0.29) is 12.0 Å². The first kappa shape index (κ1) is 19.0. The zero-order chi connectivity index (χ0) is 19.8. The van der Waals surface area contributed by atoms with Gasteiger partial charge in [-0.25, -0.2) is 4.79 Å². The van der Waals surface area contributed by atoms with E-state index in [2.05, 4.69) is 4.98 Å². The Bertz CT molecular complexity index is 904. The highest BCUT2D eigenvalue weighted by atomic mass is 19.4. The molecular weight excluding hydrogens is 361 g/mol. The van der Waals surface area contributed by atoms with Gasteiger partial charge in [0.2, 0.25) is 0 Å². The largest absolute Gasteiger partial charge is 0.477 e. The molecule has 0 amide bonds. The second-order valence-electron chi connectivity index (χ2n) is 6.51. The number of carboxylic acids is 1. The number of nitrogens with zero attached hydrogens (tertiary/aromatic N) is 1. The lowest BCUT2D eigenvalue weighted by atomic mass is 10.0. The van der Waals surface area contributed by atoms with E-state index in [4.69, 9.17) is 5.11 Å². The van der Waals surface area contributed by atoms with Gasteiger partial charge in [-0.05, 0) is 48.6 Å². The van der Waals surface area contributed by atoms with Crippen molar-refractivity contribution in [1.29, 1.82) is 0 Å². The molecule has 0 bridgehead atoms. The Hall–Kier alpha value is -2.77. The first-order chi connectivity index (χ1) is 12.7. The number of halogens is 3. The number of anilines is 1. The second-order valence-corrected chi connectivity index (χ2v) is 6.51. The zero-order valence-corrected chi connectivity index (χ0v) is 14.6. The number of carboxylic acid groups (broad SMARTS) is 1. The van der Waals surface area contributed by atoms with Crippen LogP contribution in [0, 0.1) is 0 Å². The number of benzene rings is 1. The van der Waals surface area contributed by atoms with Gasteiger partial charge in [-0.3, -0.25) is 4.79 Å². The normalized spacial score (nSPS) is 17.3. The van der Waals surface area contributed by atoms with Crippen molar-refractivity contribution in [2.24, 2.45) is 0 Å². The number of nitrogens with one attached hydrogen (secondary N) is 1. The fourth-order valence-electron chi connectivity index (χ4n) is 3.50. The van der Waals surface area contributed by atoms with Gasteiger partial charge < -0.3 is 15.0 Å². The number of H-pyrrole nitrogens is 1. The Labute approximate surface area is 153 Å². The first-order valence-electron chi connectivity index (χ1n) is 8.65. The van der Waals surface area contributed by atoms with Crippen molar-refractivity contribution in [3.63, 3.8) is 0 Å². The number of hydrogen-bond donors (Lipinski definition) is 2. The maximum Gasteiger partial charge on any atom is 0.408 e. The van der Waals surface area contributed by atoms with Gasteiger partial charge in [-0.1, -0.05) is 19.1 Å². The quantitative estimate of drug-likeness (QED) is 0.846. The Kier molecular flexibility index (Phi) is 4.99. The number of pyridine rings is 1. The third-order valence-electron chi connectivity index (χ3n) is 4.85. The van der Waals surface area contributed by atoms with E-state index in [1.165, 1.54) is 11.0 Å². The number of aromatic carboxylic acids is 1. The number of aromatic nitrogens is 1. The van der Waals surface area contributed by atoms with E-state index in [9.17, 15) is 22.8 Å². The third-order valence-corrected chi connectivity index (χ3v) is 4.85. The van der Waals surface area contributed by atoms with Crippen molar-refractivity contribution in [2.75, 3.05) is 11.4 Å². The molecule has 0 saturated carbocycles. The molecule has 1 aromatic heterocycles. The van der Waals surface area contributed by atoms with Crippen LogP contribution in [0.4, 0.5) is 18.9 Å². The highest BCUT2D eigenvalue weighted by Crippen LogP contribution is 2.36. The molecule has 0 radical (unpaired) electrons. The molecule has 5 nitrogen and oxygen atoms in total. The number of aryl methyl sites for hydroxylation is 1. The molecule has 0 aliphatic carbocycles. The molecule has 2 N–H and O–H groups in total. The molecule has 1 atom stereocenters. The van der Waals surface area contributed by atoms with Gasteiger partial charge in [0, 0.05) is 12.2 Å². The molecular formula is C19H19F3N2O3. The molecule has 1 aliphatic heterocycles. The van der Waals surface area contributed by atoms with Gasteiger partial charge in [0.05, 0.1) is 5.69 Å². The van der Waals surface area contributed by atoms with Crippen molar-refractivity contribution >= 4 is 11.7 Å². The molecule has 8 heteroatoms. The van der Waals surface area contributed by atoms with Gasteiger partial charge in [0.1, 0.15) is 11.6 Å². The first-order valence-corrected chi connectivity index (χ1v) is 8.65. The van der Waals surface area contributed by atoms with E-state index in [1.54, 1.807) is 24.3 Å². The average molecular weight is 380 g/mol. The van der Waals surface area contributed by atoms with Crippen LogP contribution >= 0.6 is 0 Å².